The van der Waals surface area contributed by atoms with Gasteiger partial charge in [0.25, 0.3) is 0 Å². The Bertz CT molecular complexity index is 286. The Morgan fingerprint density at radius 2 is 1.63 bits per heavy atom. The van der Waals surface area contributed by atoms with Crippen molar-refractivity contribution in [3.8, 4) is 0 Å². The molecule has 0 amide bonds. The van der Waals surface area contributed by atoms with Crippen LogP contribution in [0.3, 0.4) is 0 Å². The minimum atomic E-state index is -2.44. The van der Waals surface area contributed by atoms with Crippen LogP contribution in [0.5, 0.6) is 0 Å². The zero-order valence-electron chi connectivity index (χ0n) is 12.2. The molecule has 4 heteroatoms. The molecule has 0 aliphatic heterocycles. The largest absolute Gasteiger partial charge is 0.271 e. The number of alkyl halides is 2. The second kappa shape index (κ2) is 6.04. The SMILES string of the molecule is CC1CCC(C(NN)C2CCC(F)(F)CC2)CC1C. The van der Waals surface area contributed by atoms with Gasteiger partial charge in [0.1, 0.15) is 0 Å². The van der Waals surface area contributed by atoms with E-state index in [4.69, 9.17) is 5.84 Å². The van der Waals surface area contributed by atoms with Crippen molar-refractivity contribution in [2.75, 3.05) is 0 Å². The average molecular weight is 274 g/mol. The minimum Gasteiger partial charge on any atom is -0.271 e. The van der Waals surface area contributed by atoms with Crippen LogP contribution in [0, 0.1) is 23.7 Å². The molecule has 0 aromatic rings. The monoisotopic (exact) mass is 274 g/mol. The van der Waals surface area contributed by atoms with Crippen molar-refractivity contribution in [2.24, 2.45) is 29.5 Å². The Kier molecular flexibility index (Phi) is 4.83. The highest BCUT2D eigenvalue weighted by Gasteiger charge is 2.40. The summed E-state index contributed by atoms with van der Waals surface area (Å²) in [4.78, 5) is 0. The summed E-state index contributed by atoms with van der Waals surface area (Å²) in [6.07, 6.45) is 4.91. The molecule has 2 aliphatic carbocycles. The fourth-order valence-corrected chi connectivity index (χ4v) is 3.99. The summed E-state index contributed by atoms with van der Waals surface area (Å²) in [5.41, 5.74) is 2.96. The van der Waals surface area contributed by atoms with E-state index < -0.39 is 5.92 Å². The lowest BCUT2D eigenvalue weighted by Crippen LogP contribution is -2.49. The second-order valence-electron chi connectivity index (χ2n) is 6.91. The molecule has 19 heavy (non-hydrogen) atoms. The summed E-state index contributed by atoms with van der Waals surface area (Å²) in [5.74, 6) is 5.70. The Balaban J connectivity index is 1.93. The smallest absolute Gasteiger partial charge is 0.248 e. The minimum absolute atomic E-state index is 0.0362. The summed E-state index contributed by atoms with van der Waals surface area (Å²) in [6, 6.07) is 0.228. The summed E-state index contributed by atoms with van der Waals surface area (Å²) < 4.78 is 26.5. The molecule has 0 saturated heterocycles. The predicted molar refractivity (Wildman–Crippen MR) is 73.7 cm³/mol. The van der Waals surface area contributed by atoms with Crippen molar-refractivity contribution in [1.29, 1.82) is 0 Å². The molecule has 0 aromatic heterocycles. The van der Waals surface area contributed by atoms with Gasteiger partial charge in [0.15, 0.2) is 0 Å². The number of nitrogens with two attached hydrogens (primary N) is 1. The molecule has 0 radical (unpaired) electrons. The number of hydrazine groups is 1. The van der Waals surface area contributed by atoms with E-state index >= 15 is 0 Å². The highest BCUT2D eigenvalue weighted by molar-refractivity contribution is 4.90. The van der Waals surface area contributed by atoms with E-state index in [9.17, 15) is 8.78 Å². The topological polar surface area (TPSA) is 38.0 Å². The quantitative estimate of drug-likeness (QED) is 0.608. The van der Waals surface area contributed by atoms with E-state index in [0.717, 1.165) is 11.8 Å². The van der Waals surface area contributed by atoms with E-state index in [1.807, 2.05) is 0 Å². The standard InChI is InChI=1S/C15H28F2N2/c1-10-3-4-13(9-11(10)2)14(19-18)12-5-7-15(16,17)8-6-12/h10-14,19H,3-9,18H2,1-2H3. The third-order valence-electron chi connectivity index (χ3n) is 5.61. The summed E-state index contributed by atoms with van der Waals surface area (Å²) in [6.45, 7) is 4.62. The van der Waals surface area contributed by atoms with Crippen LogP contribution in [0.4, 0.5) is 8.78 Å². The van der Waals surface area contributed by atoms with Crippen molar-refractivity contribution in [3.63, 3.8) is 0 Å². The summed E-state index contributed by atoms with van der Waals surface area (Å²) in [5, 5.41) is 0. The Hall–Kier alpha value is -0.220. The van der Waals surface area contributed by atoms with Crippen LogP contribution in [0.15, 0.2) is 0 Å². The molecule has 2 saturated carbocycles. The molecule has 3 N–H and O–H groups in total. The molecule has 0 spiro atoms. The summed E-state index contributed by atoms with van der Waals surface area (Å²) >= 11 is 0. The second-order valence-corrected chi connectivity index (χ2v) is 6.91. The molecular weight excluding hydrogens is 246 g/mol. The third-order valence-corrected chi connectivity index (χ3v) is 5.61. The molecular formula is C15H28F2N2. The van der Waals surface area contributed by atoms with Crippen LogP contribution in [0.2, 0.25) is 0 Å². The number of nitrogens with one attached hydrogen (secondary N) is 1. The van der Waals surface area contributed by atoms with Crippen molar-refractivity contribution >= 4 is 0 Å². The number of hydrogen-bond acceptors (Lipinski definition) is 2. The lowest BCUT2D eigenvalue weighted by molar-refractivity contribution is -0.0537. The highest BCUT2D eigenvalue weighted by Crippen LogP contribution is 2.42. The van der Waals surface area contributed by atoms with Gasteiger partial charge in [-0.25, -0.2) is 8.78 Å². The lowest BCUT2D eigenvalue weighted by atomic mass is 9.68. The molecule has 2 rings (SSSR count). The van der Waals surface area contributed by atoms with Gasteiger partial charge in [-0.3, -0.25) is 11.3 Å². The fraction of sp³-hybridized carbons (Fsp3) is 1.00. The Labute approximate surface area is 115 Å². The molecule has 4 atom stereocenters. The first kappa shape index (κ1) is 15.2. The normalized spacial score (nSPS) is 38.1. The molecule has 112 valence electrons. The van der Waals surface area contributed by atoms with Gasteiger partial charge in [-0.15, -0.1) is 0 Å². The zero-order chi connectivity index (χ0) is 14.0. The maximum atomic E-state index is 13.2. The van der Waals surface area contributed by atoms with E-state index in [0.29, 0.717) is 24.7 Å². The Morgan fingerprint density at radius 1 is 1.00 bits per heavy atom. The first-order valence-electron chi connectivity index (χ1n) is 7.77. The van der Waals surface area contributed by atoms with Crippen LogP contribution in [-0.4, -0.2) is 12.0 Å². The van der Waals surface area contributed by atoms with Crippen LogP contribution in [0.1, 0.15) is 58.8 Å². The van der Waals surface area contributed by atoms with Gasteiger partial charge in [0.05, 0.1) is 0 Å². The number of hydrogen-bond donors (Lipinski definition) is 2. The van der Waals surface area contributed by atoms with Gasteiger partial charge in [0.2, 0.25) is 5.92 Å². The molecule has 0 heterocycles. The number of halogens is 2. The van der Waals surface area contributed by atoms with Crippen molar-refractivity contribution in [1.82, 2.24) is 5.43 Å². The summed E-state index contributed by atoms with van der Waals surface area (Å²) in [7, 11) is 0. The van der Waals surface area contributed by atoms with Crippen LogP contribution < -0.4 is 11.3 Å². The van der Waals surface area contributed by atoms with Crippen molar-refractivity contribution in [3.05, 3.63) is 0 Å². The van der Waals surface area contributed by atoms with Gasteiger partial charge in [-0.05, 0) is 49.4 Å². The van der Waals surface area contributed by atoms with Gasteiger partial charge >= 0.3 is 0 Å². The van der Waals surface area contributed by atoms with Gasteiger partial charge < -0.3 is 0 Å². The molecule has 2 nitrogen and oxygen atoms in total. The molecule has 4 unspecified atom stereocenters. The van der Waals surface area contributed by atoms with Gasteiger partial charge in [-0.2, -0.15) is 0 Å². The third kappa shape index (κ3) is 3.66. The van der Waals surface area contributed by atoms with E-state index in [1.165, 1.54) is 19.3 Å². The van der Waals surface area contributed by atoms with E-state index in [-0.39, 0.29) is 18.9 Å². The van der Waals surface area contributed by atoms with Crippen LogP contribution >= 0.6 is 0 Å². The van der Waals surface area contributed by atoms with Crippen LogP contribution in [-0.2, 0) is 0 Å². The lowest BCUT2D eigenvalue weighted by Gasteiger charge is -2.41. The first-order chi connectivity index (χ1) is 8.93. The van der Waals surface area contributed by atoms with E-state index in [1.54, 1.807) is 0 Å². The molecule has 0 aromatic carbocycles. The van der Waals surface area contributed by atoms with E-state index in [2.05, 4.69) is 19.3 Å². The average Bonchev–Trinajstić information content (AvgIpc) is 2.36. The Morgan fingerprint density at radius 3 is 2.16 bits per heavy atom. The predicted octanol–water partition coefficient (Wildman–Crippen LogP) is 3.72. The molecule has 2 fully saturated rings. The maximum absolute atomic E-state index is 13.2. The zero-order valence-corrected chi connectivity index (χ0v) is 12.2. The molecule has 0 bridgehead atoms. The van der Waals surface area contributed by atoms with Gasteiger partial charge in [-0.1, -0.05) is 20.3 Å². The maximum Gasteiger partial charge on any atom is 0.248 e. The van der Waals surface area contributed by atoms with Crippen molar-refractivity contribution in [2.45, 2.75) is 70.8 Å². The highest BCUT2D eigenvalue weighted by atomic mass is 19.3. The van der Waals surface area contributed by atoms with Crippen molar-refractivity contribution < 1.29 is 8.78 Å². The molecule has 2 aliphatic rings. The van der Waals surface area contributed by atoms with Gasteiger partial charge in [0, 0.05) is 18.9 Å². The fourth-order valence-electron chi connectivity index (χ4n) is 3.99. The first-order valence-corrected chi connectivity index (χ1v) is 7.77. The number of rotatable bonds is 3. The van der Waals surface area contributed by atoms with Crippen LogP contribution in [0.25, 0.3) is 0 Å².